The molecule has 4 heteroatoms. The molecule has 0 aromatic heterocycles. The van der Waals surface area contributed by atoms with Gasteiger partial charge in [-0.05, 0) is 18.8 Å². The van der Waals surface area contributed by atoms with E-state index in [4.69, 9.17) is 10.5 Å². The van der Waals surface area contributed by atoms with Gasteiger partial charge in [0.15, 0.2) is 5.96 Å². The van der Waals surface area contributed by atoms with E-state index in [2.05, 4.69) is 9.89 Å². The summed E-state index contributed by atoms with van der Waals surface area (Å²) >= 11 is 0. The molecule has 4 nitrogen and oxygen atoms in total. The van der Waals surface area contributed by atoms with Gasteiger partial charge in [0.1, 0.15) is 0 Å². The Kier molecular flexibility index (Phi) is 2.40. The molecule has 2 rings (SSSR count). The molecule has 0 aromatic rings. The van der Waals surface area contributed by atoms with Gasteiger partial charge in [0.2, 0.25) is 0 Å². The average Bonchev–Trinajstić information content (AvgIpc) is 2.49. The van der Waals surface area contributed by atoms with Crippen LogP contribution < -0.4 is 5.73 Å². The third-order valence-electron chi connectivity index (χ3n) is 3.11. The van der Waals surface area contributed by atoms with Crippen LogP contribution in [0.25, 0.3) is 0 Å². The summed E-state index contributed by atoms with van der Waals surface area (Å²) in [5, 5.41) is 0. The lowest BCUT2D eigenvalue weighted by atomic mass is 9.91. The van der Waals surface area contributed by atoms with Crippen molar-refractivity contribution in [2.24, 2.45) is 16.6 Å². The van der Waals surface area contributed by atoms with Crippen LogP contribution in [0.5, 0.6) is 0 Å². The van der Waals surface area contributed by atoms with E-state index in [0.717, 1.165) is 32.6 Å². The Labute approximate surface area is 78.8 Å². The fourth-order valence-electron chi connectivity index (χ4n) is 2.16. The molecule has 2 heterocycles. The number of nitrogens with zero attached hydrogens (tertiary/aromatic N) is 2. The average molecular weight is 183 g/mol. The molecule has 1 saturated heterocycles. The van der Waals surface area contributed by atoms with Crippen molar-refractivity contribution in [3.8, 4) is 0 Å². The zero-order valence-electron chi connectivity index (χ0n) is 8.07. The molecule has 0 bridgehead atoms. The smallest absolute Gasteiger partial charge is 0.191 e. The number of ether oxygens (including phenoxy) is 1. The SMILES string of the molecule is CN1C(N)=NCC1C1CCOCC1. The molecule has 0 saturated carbocycles. The first-order valence-corrected chi connectivity index (χ1v) is 4.89. The minimum absolute atomic E-state index is 0.518. The molecule has 0 aliphatic carbocycles. The Morgan fingerprint density at radius 2 is 2.15 bits per heavy atom. The molecule has 2 aliphatic rings. The maximum absolute atomic E-state index is 5.72. The van der Waals surface area contributed by atoms with Crippen molar-refractivity contribution < 1.29 is 4.74 Å². The second kappa shape index (κ2) is 3.54. The highest BCUT2D eigenvalue weighted by Crippen LogP contribution is 2.24. The van der Waals surface area contributed by atoms with Gasteiger partial charge in [-0.15, -0.1) is 0 Å². The van der Waals surface area contributed by atoms with E-state index in [0.29, 0.717) is 17.9 Å². The molecule has 0 radical (unpaired) electrons. The summed E-state index contributed by atoms with van der Waals surface area (Å²) in [5.74, 6) is 1.40. The van der Waals surface area contributed by atoms with Crippen LogP contribution in [0.1, 0.15) is 12.8 Å². The predicted molar refractivity (Wildman–Crippen MR) is 51.6 cm³/mol. The van der Waals surface area contributed by atoms with E-state index in [-0.39, 0.29) is 0 Å². The van der Waals surface area contributed by atoms with Gasteiger partial charge in [-0.1, -0.05) is 0 Å². The predicted octanol–water partition coefficient (Wildman–Crippen LogP) is 0.0417. The van der Waals surface area contributed by atoms with E-state index < -0.39 is 0 Å². The largest absolute Gasteiger partial charge is 0.381 e. The Bertz CT molecular complexity index is 211. The molecule has 0 amide bonds. The minimum Gasteiger partial charge on any atom is -0.381 e. The number of rotatable bonds is 1. The summed E-state index contributed by atoms with van der Waals surface area (Å²) < 4.78 is 5.33. The lowest BCUT2D eigenvalue weighted by Crippen LogP contribution is -2.43. The van der Waals surface area contributed by atoms with E-state index in [9.17, 15) is 0 Å². The van der Waals surface area contributed by atoms with Crippen LogP contribution in [0.3, 0.4) is 0 Å². The molecule has 0 spiro atoms. The van der Waals surface area contributed by atoms with Crippen LogP contribution in [0.15, 0.2) is 4.99 Å². The van der Waals surface area contributed by atoms with Gasteiger partial charge in [0.05, 0.1) is 12.6 Å². The van der Waals surface area contributed by atoms with Crippen molar-refractivity contribution in [2.45, 2.75) is 18.9 Å². The molecule has 74 valence electrons. The monoisotopic (exact) mass is 183 g/mol. The van der Waals surface area contributed by atoms with Crippen molar-refractivity contribution >= 4 is 5.96 Å². The normalized spacial score (nSPS) is 30.7. The summed E-state index contributed by atoms with van der Waals surface area (Å²) in [6.07, 6.45) is 2.30. The van der Waals surface area contributed by atoms with Gasteiger partial charge in [0.25, 0.3) is 0 Å². The number of hydrogen-bond donors (Lipinski definition) is 1. The lowest BCUT2D eigenvalue weighted by Gasteiger charge is -2.32. The number of likely N-dealkylation sites (N-methyl/N-ethyl adjacent to an activating group) is 1. The molecule has 2 aliphatic heterocycles. The zero-order valence-corrected chi connectivity index (χ0v) is 8.07. The van der Waals surface area contributed by atoms with Crippen LogP contribution >= 0.6 is 0 Å². The molecule has 0 aromatic carbocycles. The minimum atomic E-state index is 0.518. The Morgan fingerprint density at radius 3 is 2.69 bits per heavy atom. The van der Waals surface area contributed by atoms with Crippen LogP contribution in [-0.4, -0.2) is 43.7 Å². The number of nitrogens with two attached hydrogens (primary N) is 1. The van der Waals surface area contributed by atoms with Crippen LogP contribution in [0, 0.1) is 5.92 Å². The number of aliphatic imine (C=N–C) groups is 1. The van der Waals surface area contributed by atoms with E-state index >= 15 is 0 Å². The van der Waals surface area contributed by atoms with Crippen LogP contribution in [0.4, 0.5) is 0 Å². The fourth-order valence-corrected chi connectivity index (χ4v) is 2.16. The third kappa shape index (κ3) is 1.63. The lowest BCUT2D eigenvalue weighted by molar-refractivity contribution is 0.0471. The Hall–Kier alpha value is -0.770. The van der Waals surface area contributed by atoms with Crippen molar-refractivity contribution in [1.29, 1.82) is 0 Å². The van der Waals surface area contributed by atoms with E-state index in [1.807, 2.05) is 7.05 Å². The quantitative estimate of drug-likeness (QED) is 0.624. The fraction of sp³-hybridized carbons (Fsp3) is 0.889. The first-order chi connectivity index (χ1) is 6.29. The summed E-state index contributed by atoms with van der Waals surface area (Å²) in [4.78, 5) is 6.36. The summed E-state index contributed by atoms with van der Waals surface area (Å²) in [6.45, 7) is 2.66. The second-order valence-electron chi connectivity index (χ2n) is 3.83. The van der Waals surface area contributed by atoms with Crippen molar-refractivity contribution in [3.05, 3.63) is 0 Å². The molecule has 13 heavy (non-hydrogen) atoms. The van der Waals surface area contributed by atoms with Gasteiger partial charge < -0.3 is 15.4 Å². The van der Waals surface area contributed by atoms with Gasteiger partial charge in [-0.25, -0.2) is 0 Å². The van der Waals surface area contributed by atoms with Gasteiger partial charge in [0, 0.05) is 20.3 Å². The standard InChI is InChI=1S/C9H17N3O/c1-12-8(6-11-9(12)10)7-2-4-13-5-3-7/h7-8H,2-6H2,1H3,(H2,10,11). The highest BCUT2D eigenvalue weighted by atomic mass is 16.5. The summed E-state index contributed by atoms with van der Waals surface area (Å²) in [5.41, 5.74) is 5.72. The second-order valence-corrected chi connectivity index (χ2v) is 3.83. The number of hydrogen-bond acceptors (Lipinski definition) is 4. The zero-order chi connectivity index (χ0) is 9.26. The highest BCUT2D eigenvalue weighted by Gasteiger charge is 2.31. The van der Waals surface area contributed by atoms with E-state index in [1.165, 1.54) is 0 Å². The van der Waals surface area contributed by atoms with Crippen LogP contribution in [0.2, 0.25) is 0 Å². The molecule has 1 fully saturated rings. The molecule has 1 atom stereocenters. The molecule has 2 N–H and O–H groups in total. The third-order valence-corrected chi connectivity index (χ3v) is 3.11. The first kappa shape index (κ1) is 8.81. The molecular weight excluding hydrogens is 166 g/mol. The van der Waals surface area contributed by atoms with Gasteiger partial charge >= 0.3 is 0 Å². The maximum atomic E-state index is 5.72. The summed E-state index contributed by atoms with van der Waals surface area (Å²) in [7, 11) is 2.03. The molecule has 1 unspecified atom stereocenters. The van der Waals surface area contributed by atoms with Crippen molar-refractivity contribution in [2.75, 3.05) is 26.8 Å². The van der Waals surface area contributed by atoms with Crippen molar-refractivity contribution in [1.82, 2.24) is 4.90 Å². The van der Waals surface area contributed by atoms with Crippen molar-refractivity contribution in [3.63, 3.8) is 0 Å². The highest BCUT2D eigenvalue weighted by molar-refractivity contribution is 5.79. The van der Waals surface area contributed by atoms with E-state index in [1.54, 1.807) is 0 Å². The van der Waals surface area contributed by atoms with Crippen LogP contribution in [-0.2, 0) is 4.74 Å². The Morgan fingerprint density at radius 1 is 1.46 bits per heavy atom. The van der Waals surface area contributed by atoms with Gasteiger partial charge in [-0.3, -0.25) is 4.99 Å². The maximum Gasteiger partial charge on any atom is 0.191 e. The first-order valence-electron chi connectivity index (χ1n) is 4.89. The molecular formula is C9H17N3O. The number of guanidine groups is 1. The topological polar surface area (TPSA) is 50.8 Å². The summed E-state index contributed by atoms with van der Waals surface area (Å²) in [6, 6.07) is 0.518. The van der Waals surface area contributed by atoms with Gasteiger partial charge in [-0.2, -0.15) is 0 Å². The Balaban J connectivity index is 1.94.